The summed E-state index contributed by atoms with van der Waals surface area (Å²) in [5.74, 6) is 1.15. The van der Waals surface area contributed by atoms with Gasteiger partial charge in [0.15, 0.2) is 0 Å². The summed E-state index contributed by atoms with van der Waals surface area (Å²) in [5.41, 5.74) is 3.13. The lowest BCUT2D eigenvalue weighted by atomic mass is 9.77. The van der Waals surface area contributed by atoms with E-state index < -0.39 is 0 Å². The lowest BCUT2D eigenvalue weighted by molar-refractivity contribution is 0.461. The number of phenols is 2. The average Bonchev–Trinajstić information content (AvgIpc) is 2.41. The molecule has 0 heterocycles. The standard InChI is InChI=1S/C19H24O2/c1-13(2)11-14-12-16(7-10-18(14)21)19(3,4)15-5-8-17(20)9-6-15/h5-10,12-13,20-21H,11H2,1-4H3. The van der Waals surface area contributed by atoms with Gasteiger partial charge in [-0.2, -0.15) is 0 Å². The van der Waals surface area contributed by atoms with Crippen LogP contribution in [0.25, 0.3) is 0 Å². The third-order valence-corrected chi connectivity index (χ3v) is 4.02. The molecule has 0 atom stereocenters. The molecule has 0 aliphatic rings. The fourth-order valence-corrected chi connectivity index (χ4v) is 2.62. The van der Waals surface area contributed by atoms with Crippen LogP contribution in [0.5, 0.6) is 11.5 Å². The summed E-state index contributed by atoms with van der Waals surface area (Å²) in [6.45, 7) is 8.62. The van der Waals surface area contributed by atoms with Gasteiger partial charge in [0.2, 0.25) is 0 Å². The van der Waals surface area contributed by atoms with E-state index in [2.05, 4.69) is 33.8 Å². The summed E-state index contributed by atoms with van der Waals surface area (Å²) in [7, 11) is 0. The van der Waals surface area contributed by atoms with E-state index in [4.69, 9.17) is 0 Å². The second-order valence-corrected chi connectivity index (χ2v) is 6.61. The van der Waals surface area contributed by atoms with Gasteiger partial charge >= 0.3 is 0 Å². The number of aromatic hydroxyl groups is 2. The Morgan fingerprint density at radius 1 is 0.905 bits per heavy atom. The molecule has 0 unspecified atom stereocenters. The number of hydrogen-bond donors (Lipinski definition) is 2. The summed E-state index contributed by atoms with van der Waals surface area (Å²) in [6, 6.07) is 13.2. The van der Waals surface area contributed by atoms with Gasteiger partial charge in [0, 0.05) is 5.41 Å². The van der Waals surface area contributed by atoms with Crippen LogP contribution in [0, 0.1) is 5.92 Å². The molecule has 2 heteroatoms. The molecule has 0 bridgehead atoms. The third-order valence-electron chi connectivity index (χ3n) is 4.02. The molecule has 0 aromatic heterocycles. The zero-order valence-corrected chi connectivity index (χ0v) is 13.2. The molecule has 0 aliphatic heterocycles. The Kier molecular flexibility index (Phi) is 4.26. The number of hydrogen-bond acceptors (Lipinski definition) is 2. The predicted molar refractivity (Wildman–Crippen MR) is 86.9 cm³/mol. The first-order valence-corrected chi connectivity index (χ1v) is 7.42. The van der Waals surface area contributed by atoms with Crippen LogP contribution in [0.4, 0.5) is 0 Å². The fraction of sp³-hybridized carbons (Fsp3) is 0.368. The zero-order valence-electron chi connectivity index (χ0n) is 13.2. The molecule has 0 spiro atoms. The van der Waals surface area contributed by atoms with Crippen LogP contribution in [0.15, 0.2) is 42.5 Å². The molecule has 2 rings (SSSR count). The third kappa shape index (κ3) is 3.38. The van der Waals surface area contributed by atoms with Crippen molar-refractivity contribution in [3.63, 3.8) is 0 Å². The van der Waals surface area contributed by atoms with Crippen molar-refractivity contribution < 1.29 is 10.2 Å². The van der Waals surface area contributed by atoms with E-state index in [1.807, 2.05) is 18.2 Å². The van der Waals surface area contributed by atoms with E-state index in [-0.39, 0.29) is 11.2 Å². The average molecular weight is 284 g/mol. The SMILES string of the molecule is CC(C)Cc1cc(C(C)(C)c2ccc(O)cc2)ccc1O. The van der Waals surface area contributed by atoms with Gasteiger partial charge in [-0.05, 0) is 47.2 Å². The Bertz CT molecular complexity index is 610. The quantitative estimate of drug-likeness (QED) is 0.860. The number of rotatable bonds is 4. The van der Waals surface area contributed by atoms with Crippen molar-refractivity contribution in [2.75, 3.05) is 0 Å². The van der Waals surface area contributed by atoms with E-state index in [0.29, 0.717) is 11.7 Å². The Labute approximate surface area is 127 Å². The summed E-state index contributed by atoms with van der Waals surface area (Å²) in [6.07, 6.45) is 0.866. The molecule has 2 N–H and O–H groups in total. The molecule has 2 aromatic rings. The second kappa shape index (κ2) is 5.80. The molecule has 112 valence electrons. The van der Waals surface area contributed by atoms with Gasteiger partial charge in [-0.15, -0.1) is 0 Å². The van der Waals surface area contributed by atoms with E-state index in [0.717, 1.165) is 17.5 Å². The van der Waals surface area contributed by atoms with Gasteiger partial charge in [0.1, 0.15) is 11.5 Å². The topological polar surface area (TPSA) is 40.5 Å². The van der Waals surface area contributed by atoms with E-state index in [1.165, 1.54) is 5.56 Å². The lowest BCUT2D eigenvalue weighted by Crippen LogP contribution is -2.19. The van der Waals surface area contributed by atoms with Crippen molar-refractivity contribution in [2.24, 2.45) is 5.92 Å². The highest BCUT2D eigenvalue weighted by Crippen LogP contribution is 2.35. The lowest BCUT2D eigenvalue weighted by Gasteiger charge is -2.27. The van der Waals surface area contributed by atoms with E-state index in [1.54, 1.807) is 18.2 Å². The number of benzene rings is 2. The zero-order chi connectivity index (χ0) is 15.6. The molecule has 0 aliphatic carbocycles. The van der Waals surface area contributed by atoms with Crippen molar-refractivity contribution in [3.05, 3.63) is 59.2 Å². The first kappa shape index (κ1) is 15.4. The summed E-state index contributed by atoms with van der Waals surface area (Å²) >= 11 is 0. The maximum absolute atomic E-state index is 10.0. The predicted octanol–water partition coefficient (Wildman–Crippen LogP) is 4.62. The monoisotopic (exact) mass is 284 g/mol. The highest BCUT2D eigenvalue weighted by atomic mass is 16.3. The molecule has 2 aromatic carbocycles. The Hall–Kier alpha value is -1.96. The van der Waals surface area contributed by atoms with Gasteiger partial charge in [-0.25, -0.2) is 0 Å². The van der Waals surface area contributed by atoms with Crippen molar-refractivity contribution in [2.45, 2.75) is 39.5 Å². The van der Waals surface area contributed by atoms with Crippen LogP contribution in [-0.4, -0.2) is 10.2 Å². The molecule has 0 fully saturated rings. The van der Waals surface area contributed by atoms with Crippen LogP contribution >= 0.6 is 0 Å². The molecule has 0 saturated carbocycles. The van der Waals surface area contributed by atoms with Gasteiger partial charge in [0.05, 0.1) is 0 Å². The van der Waals surface area contributed by atoms with Crippen LogP contribution in [0.3, 0.4) is 0 Å². The minimum absolute atomic E-state index is 0.173. The van der Waals surface area contributed by atoms with Crippen molar-refractivity contribution in [1.29, 1.82) is 0 Å². The van der Waals surface area contributed by atoms with Crippen molar-refractivity contribution in [3.8, 4) is 11.5 Å². The van der Waals surface area contributed by atoms with Crippen LogP contribution in [0.2, 0.25) is 0 Å². The highest BCUT2D eigenvalue weighted by molar-refractivity contribution is 5.45. The Balaban J connectivity index is 2.42. The molecule has 0 saturated heterocycles. The molecule has 0 radical (unpaired) electrons. The fourth-order valence-electron chi connectivity index (χ4n) is 2.62. The molecule has 21 heavy (non-hydrogen) atoms. The van der Waals surface area contributed by atoms with Crippen molar-refractivity contribution >= 4 is 0 Å². The largest absolute Gasteiger partial charge is 0.508 e. The molecular weight excluding hydrogens is 260 g/mol. The minimum Gasteiger partial charge on any atom is -0.508 e. The van der Waals surface area contributed by atoms with Crippen LogP contribution in [-0.2, 0) is 11.8 Å². The normalized spacial score (nSPS) is 11.9. The minimum atomic E-state index is -0.173. The number of phenolic OH excluding ortho intramolecular Hbond substituents is 2. The van der Waals surface area contributed by atoms with Gasteiger partial charge in [0.25, 0.3) is 0 Å². The first-order chi connectivity index (χ1) is 9.80. The second-order valence-electron chi connectivity index (χ2n) is 6.61. The molecule has 2 nitrogen and oxygen atoms in total. The summed E-state index contributed by atoms with van der Waals surface area (Å²) < 4.78 is 0. The van der Waals surface area contributed by atoms with Gasteiger partial charge in [-0.3, -0.25) is 0 Å². The summed E-state index contributed by atoms with van der Waals surface area (Å²) in [5, 5.41) is 19.5. The van der Waals surface area contributed by atoms with Gasteiger partial charge in [-0.1, -0.05) is 52.0 Å². The highest BCUT2D eigenvalue weighted by Gasteiger charge is 2.24. The van der Waals surface area contributed by atoms with E-state index >= 15 is 0 Å². The van der Waals surface area contributed by atoms with Crippen molar-refractivity contribution in [1.82, 2.24) is 0 Å². The first-order valence-electron chi connectivity index (χ1n) is 7.42. The summed E-state index contributed by atoms with van der Waals surface area (Å²) in [4.78, 5) is 0. The maximum Gasteiger partial charge on any atom is 0.118 e. The smallest absolute Gasteiger partial charge is 0.118 e. The Morgan fingerprint density at radius 3 is 2.05 bits per heavy atom. The van der Waals surface area contributed by atoms with Crippen LogP contribution in [0.1, 0.15) is 44.4 Å². The molecular formula is C19H24O2. The maximum atomic E-state index is 10.0. The van der Waals surface area contributed by atoms with Gasteiger partial charge < -0.3 is 10.2 Å². The molecule has 0 amide bonds. The van der Waals surface area contributed by atoms with E-state index in [9.17, 15) is 10.2 Å². The van der Waals surface area contributed by atoms with Crippen LogP contribution < -0.4 is 0 Å². The Morgan fingerprint density at radius 2 is 1.48 bits per heavy atom.